The van der Waals surface area contributed by atoms with Crippen molar-refractivity contribution >= 4 is 5.97 Å². The van der Waals surface area contributed by atoms with Crippen molar-refractivity contribution in [1.29, 1.82) is 0 Å². The van der Waals surface area contributed by atoms with Gasteiger partial charge in [0, 0.05) is 26.5 Å². The minimum absolute atomic E-state index is 0.220. The monoisotopic (exact) mass is 184 g/mol. The highest BCUT2D eigenvalue weighted by Gasteiger charge is 2.04. The molecule has 5 nitrogen and oxygen atoms in total. The third-order valence-electron chi connectivity index (χ3n) is 1.62. The van der Waals surface area contributed by atoms with E-state index in [9.17, 15) is 4.79 Å². The number of hydrogen-bond donors (Lipinski definition) is 1. The molecule has 5 heteroatoms. The third kappa shape index (κ3) is 2.87. The molecule has 0 spiro atoms. The lowest BCUT2D eigenvalue weighted by Gasteiger charge is -1.98. The van der Waals surface area contributed by atoms with Gasteiger partial charge in [0.2, 0.25) is 0 Å². The summed E-state index contributed by atoms with van der Waals surface area (Å²) in [6, 6.07) is 0. The summed E-state index contributed by atoms with van der Waals surface area (Å²) < 4.78 is 6.46. The zero-order valence-corrected chi connectivity index (χ0v) is 7.43. The van der Waals surface area contributed by atoms with E-state index in [1.165, 1.54) is 12.4 Å². The van der Waals surface area contributed by atoms with Gasteiger partial charge in [-0.05, 0) is 6.42 Å². The van der Waals surface area contributed by atoms with Crippen LogP contribution in [-0.4, -0.2) is 34.6 Å². The number of aromatic nitrogens is 2. The molecule has 1 aromatic rings. The molecule has 0 amide bonds. The van der Waals surface area contributed by atoms with Crippen LogP contribution in [0.2, 0.25) is 0 Å². The fraction of sp³-hybridized carbons (Fsp3) is 0.500. The van der Waals surface area contributed by atoms with Crippen LogP contribution < -0.4 is 0 Å². The molecule has 0 saturated carbocycles. The largest absolute Gasteiger partial charge is 0.478 e. The van der Waals surface area contributed by atoms with E-state index in [0.717, 1.165) is 6.42 Å². The number of nitrogens with zero attached hydrogens (tertiary/aromatic N) is 2. The average molecular weight is 184 g/mol. The molecule has 1 N–H and O–H groups in total. The van der Waals surface area contributed by atoms with Crippen molar-refractivity contribution in [2.45, 2.75) is 13.0 Å². The molecule has 0 aromatic carbocycles. The Morgan fingerprint density at radius 2 is 2.54 bits per heavy atom. The highest BCUT2D eigenvalue weighted by Crippen LogP contribution is 1.98. The first kappa shape index (κ1) is 9.73. The van der Waals surface area contributed by atoms with Crippen LogP contribution in [0.25, 0.3) is 0 Å². The van der Waals surface area contributed by atoms with Crippen molar-refractivity contribution in [3.8, 4) is 0 Å². The topological polar surface area (TPSA) is 64.3 Å². The molecule has 0 atom stereocenters. The van der Waals surface area contributed by atoms with Gasteiger partial charge in [-0.25, -0.2) is 4.79 Å². The number of carboxylic acids is 1. The normalized spacial score (nSPS) is 10.2. The molecule has 0 unspecified atom stereocenters. The highest BCUT2D eigenvalue weighted by atomic mass is 16.5. The second-order valence-corrected chi connectivity index (χ2v) is 2.64. The lowest BCUT2D eigenvalue weighted by molar-refractivity contribution is 0.0697. The van der Waals surface area contributed by atoms with E-state index in [-0.39, 0.29) is 5.56 Å². The number of hydrogen-bond acceptors (Lipinski definition) is 3. The quantitative estimate of drug-likeness (QED) is 0.681. The standard InChI is InChI=1S/C8H12N2O3/c1-13-4-2-3-10-6-7(5-9-10)8(11)12/h5-6H,2-4H2,1H3,(H,11,12). The van der Waals surface area contributed by atoms with Crippen molar-refractivity contribution < 1.29 is 14.6 Å². The maximum atomic E-state index is 10.5. The summed E-state index contributed by atoms with van der Waals surface area (Å²) in [5.74, 6) is -0.946. The summed E-state index contributed by atoms with van der Waals surface area (Å²) in [6.45, 7) is 1.34. The van der Waals surface area contributed by atoms with E-state index in [0.29, 0.717) is 13.2 Å². The van der Waals surface area contributed by atoms with Gasteiger partial charge in [-0.1, -0.05) is 0 Å². The molecule has 0 saturated heterocycles. The van der Waals surface area contributed by atoms with Crippen LogP contribution in [0, 0.1) is 0 Å². The SMILES string of the molecule is COCCCn1cc(C(=O)O)cn1. The van der Waals surface area contributed by atoms with Crippen LogP contribution in [0.15, 0.2) is 12.4 Å². The first-order valence-corrected chi connectivity index (χ1v) is 3.98. The minimum atomic E-state index is -0.946. The van der Waals surface area contributed by atoms with Crippen LogP contribution in [0.1, 0.15) is 16.8 Å². The van der Waals surface area contributed by atoms with Crippen molar-refractivity contribution in [2.24, 2.45) is 0 Å². The molecule has 0 radical (unpaired) electrons. The molecule has 1 aromatic heterocycles. The number of carbonyl (C=O) groups is 1. The Bertz CT molecular complexity index is 283. The van der Waals surface area contributed by atoms with Crippen LogP contribution in [0.3, 0.4) is 0 Å². The number of carboxylic acid groups (broad SMARTS) is 1. The number of aryl methyl sites for hydroxylation is 1. The fourth-order valence-electron chi connectivity index (χ4n) is 0.967. The molecule has 13 heavy (non-hydrogen) atoms. The number of rotatable bonds is 5. The fourth-order valence-corrected chi connectivity index (χ4v) is 0.967. The maximum absolute atomic E-state index is 10.5. The van der Waals surface area contributed by atoms with Gasteiger partial charge in [0.1, 0.15) is 0 Å². The highest BCUT2D eigenvalue weighted by molar-refractivity contribution is 5.86. The van der Waals surface area contributed by atoms with Gasteiger partial charge in [0.15, 0.2) is 0 Å². The zero-order valence-electron chi connectivity index (χ0n) is 7.43. The maximum Gasteiger partial charge on any atom is 0.338 e. The van der Waals surface area contributed by atoms with Gasteiger partial charge in [-0.2, -0.15) is 5.10 Å². The molecular weight excluding hydrogens is 172 g/mol. The first-order valence-electron chi connectivity index (χ1n) is 3.98. The van der Waals surface area contributed by atoms with Gasteiger partial charge in [0.25, 0.3) is 0 Å². The van der Waals surface area contributed by atoms with E-state index in [1.807, 2.05) is 0 Å². The Balaban J connectivity index is 2.44. The van der Waals surface area contributed by atoms with Gasteiger partial charge in [-0.3, -0.25) is 4.68 Å². The molecule has 0 bridgehead atoms. The summed E-state index contributed by atoms with van der Waals surface area (Å²) in [7, 11) is 1.63. The molecule has 1 rings (SSSR count). The molecule has 0 fully saturated rings. The molecular formula is C8H12N2O3. The van der Waals surface area contributed by atoms with Crippen LogP contribution >= 0.6 is 0 Å². The molecule has 1 heterocycles. The van der Waals surface area contributed by atoms with E-state index >= 15 is 0 Å². The number of aromatic carboxylic acids is 1. The molecule has 0 aliphatic heterocycles. The van der Waals surface area contributed by atoms with E-state index < -0.39 is 5.97 Å². The van der Waals surface area contributed by atoms with Crippen molar-refractivity contribution in [2.75, 3.05) is 13.7 Å². The minimum Gasteiger partial charge on any atom is -0.478 e. The molecule has 0 aliphatic rings. The van der Waals surface area contributed by atoms with E-state index in [4.69, 9.17) is 9.84 Å². The number of ether oxygens (including phenoxy) is 1. The van der Waals surface area contributed by atoms with Crippen molar-refractivity contribution in [3.63, 3.8) is 0 Å². The lowest BCUT2D eigenvalue weighted by atomic mass is 10.4. The Labute approximate surface area is 75.9 Å². The van der Waals surface area contributed by atoms with Gasteiger partial charge in [-0.15, -0.1) is 0 Å². The predicted molar refractivity (Wildman–Crippen MR) is 45.7 cm³/mol. The molecule has 0 aliphatic carbocycles. The summed E-state index contributed by atoms with van der Waals surface area (Å²) in [4.78, 5) is 10.5. The Kier molecular flexibility index (Phi) is 3.45. The van der Waals surface area contributed by atoms with Gasteiger partial charge in [0.05, 0.1) is 11.8 Å². The van der Waals surface area contributed by atoms with Crippen LogP contribution in [-0.2, 0) is 11.3 Å². The van der Waals surface area contributed by atoms with E-state index in [1.54, 1.807) is 11.8 Å². The average Bonchev–Trinajstić information content (AvgIpc) is 2.53. The zero-order chi connectivity index (χ0) is 9.68. The first-order chi connectivity index (χ1) is 6.24. The summed E-state index contributed by atoms with van der Waals surface area (Å²) in [5.41, 5.74) is 0.220. The Morgan fingerprint density at radius 3 is 3.08 bits per heavy atom. The van der Waals surface area contributed by atoms with Gasteiger partial charge < -0.3 is 9.84 Å². The van der Waals surface area contributed by atoms with Crippen molar-refractivity contribution in [1.82, 2.24) is 9.78 Å². The molecule has 72 valence electrons. The van der Waals surface area contributed by atoms with E-state index in [2.05, 4.69) is 5.10 Å². The Hall–Kier alpha value is -1.36. The number of methoxy groups -OCH3 is 1. The van der Waals surface area contributed by atoms with Crippen LogP contribution in [0.4, 0.5) is 0 Å². The van der Waals surface area contributed by atoms with Crippen LogP contribution in [0.5, 0.6) is 0 Å². The Morgan fingerprint density at radius 1 is 1.77 bits per heavy atom. The summed E-state index contributed by atoms with van der Waals surface area (Å²) in [6.07, 6.45) is 3.68. The predicted octanol–water partition coefficient (Wildman–Crippen LogP) is 0.618. The third-order valence-corrected chi connectivity index (χ3v) is 1.62. The lowest BCUT2D eigenvalue weighted by Crippen LogP contribution is -2.01. The van der Waals surface area contributed by atoms with Gasteiger partial charge >= 0.3 is 5.97 Å². The summed E-state index contributed by atoms with van der Waals surface area (Å²) >= 11 is 0. The second-order valence-electron chi connectivity index (χ2n) is 2.64. The smallest absolute Gasteiger partial charge is 0.338 e. The second kappa shape index (κ2) is 4.61. The van der Waals surface area contributed by atoms with Crippen molar-refractivity contribution in [3.05, 3.63) is 18.0 Å². The summed E-state index contributed by atoms with van der Waals surface area (Å²) in [5, 5.41) is 12.5.